The first-order valence-electron chi connectivity index (χ1n) is 5.50. The SMILES string of the molecule is O=C(CCl)N(C[C]1[CH][CH][CH][CH]1)c1c[nH]c(=O)[nH]c1=O. The summed E-state index contributed by atoms with van der Waals surface area (Å²) in [6, 6.07) is 0. The van der Waals surface area contributed by atoms with Crippen LogP contribution in [0.4, 0.5) is 5.69 Å². The van der Waals surface area contributed by atoms with Crippen LogP contribution in [0.25, 0.3) is 0 Å². The Morgan fingerprint density at radius 3 is 2.53 bits per heavy atom. The van der Waals surface area contributed by atoms with E-state index in [2.05, 4.69) is 9.97 Å². The molecule has 0 spiro atoms. The average molecular weight is 281 g/mol. The van der Waals surface area contributed by atoms with Crippen molar-refractivity contribution in [3.8, 4) is 0 Å². The average Bonchev–Trinajstić information content (AvgIpc) is 2.89. The normalized spacial score (nSPS) is 15.6. The van der Waals surface area contributed by atoms with Crippen molar-refractivity contribution >= 4 is 23.2 Å². The van der Waals surface area contributed by atoms with Gasteiger partial charge in [0, 0.05) is 18.7 Å². The van der Waals surface area contributed by atoms with E-state index in [1.807, 2.05) is 25.7 Å². The number of nitrogens with one attached hydrogen (secondary N) is 2. The lowest BCUT2D eigenvalue weighted by atomic mass is 10.1. The Labute approximate surface area is 114 Å². The molecule has 1 fully saturated rings. The standard InChI is InChI=1S/C12H11ClN3O3/c13-5-10(17)16(7-8-3-1-2-4-8)9-6-14-12(19)15-11(9)18/h1-4,6H,5,7H2,(H2,14,15,18,19). The van der Waals surface area contributed by atoms with Gasteiger partial charge >= 0.3 is 5.69 Å². The third-order valence-electron chi connectivity index (χ3n) is 2.58. The van der Waals surface area contributed by atoms with Crippen LogP contribution in [-0.2, 0) is 4.79 Å². The predicted molar refractivity (Wildman–Crippen MR) is 71.2 cm³/mol. The van der Waals surface area contributed by atoms with E-state index in [0.717, 1.165) is 5.92 Å². The van der Waals surface area contributed by atoms with Gasteiger partial charge in [0.15, 0.2) is 0 Å². The number of rotatable bonds is 4. The molecule has 99 valence electrons. The van der Waals surface area contributed by atoms with E-state index < -0.39 is 17.2 Å². The van der Waals surface area contributed by atoms with Crippen LogP contribution in [0.1, 0.15) is 0 Å². The largest absolute Gasteiger partial charge is 0.325 e. The van der Waals surface area contributed by atoms with E-state index in [0.29, 0.717) is 0 Å². The zero-order chi connectivity index (χ0) is 13.8. The molecule has 0 saturated heterocycles. The highest BCUT2D eigenvalue weighted by Gasteiger charge is 2.25. The lowest BCUT2D eigenvalue weighted by Gasteiger charge is -2.23. The molecular formula is C12H11ClN3O3. The highest BCUT2D eigenvalue weighted by molar-refractivity contribution is 6.29. The molecule has 5 radical (unpaired) electrons. The molecule has 2 N–H and O–H groups in total. The summed E-state index contributed by atoms with van der Waals surface area (Å²) in [6.45, 7) is 0.216. The molecule has 6 nitrogen and oxygen atoms in total. The Bertz CT molecular complexity index is 560. The molecule has 1 aliphatic rings. The molecule has 1 saturated carbocycles. The monoisotopic (exact) mass is 280 g/mol. The van der Waals surface area contributed by atoms with E-state index >= 15 is 0 Å². The number of hydrogen-bond donors (Lipinski definition) is 2. The van der Waals surface area contributed by atoms with Crippen molar-refractivity contribution in [3.05, 3.63) is 58.6 Å². The van der Waals surface area contributed by atoms with Gasteiger partial charge in [-0.05, 0) is 25.7 Å². The molecular weight excluding hydrogens is 270 g/mol. The molecule has 0 bridgehead atoms. The van der Waals surface area contributed by atoms with Crippen molar-refractivity contribution in [1.82, 2.24) is 9.97 Å². The number of carbonyl (C=O) groups excluding carboxylic acids is 1. The maximum absolute atomic E-state index is 11.8. The van der Waals surface area contributed by atoms with E-state index in [9.17, 15) is 14.4 Å². The molecule has 0 aromatic carbocycles. The molecule has 0 atom stereocenters. The fourth-order valence-electron chi connectivity index (χ4n) is 1.68. The maximum Gasteiger partial charge on any atom is 0.325 e. The van der Waals surface area contributed by atoms with Crippen molar-refractivity contribution in [2.75, 3.05) is 17.3 Å². The summed E-state index contributed by atoms with van der Waals surface area (Å²) < 4.78 is 0. The number of alkyl halides is 1. The molecule has 1 aliphatic carbocycles. The van der Waals surface area contributed by atoms with Gasteiger partial charge in [-0.1, -0.05) is 0 Å². The van der Waals surface area contributed by atoms with Gasteiger partial charge < -0.3 is 9.88 Å². The van der Waals surface area contributed by atoms with Gasteiger partial charge in [-0.3, -0.25) is 14.6 Å². The summed E-state index contributed by atoms with van der Waals surface area (Å²) in [6.07, 6.45) is 8.52. The number of aromatic amines is 2. The second-order valence-electron chi connectivity index (χ2n) is 3.86. The Morgan fingerprint density at radius 1 is 1.26 bits per heavy atom. The van der Waals surface area contributed by atoms with Crippen LogP contribution in [0.3, 0.4) is 0 Å². The van der Waals surface area contributed by atoms with Crippen LogP contribution in [-0.4, -0.2) is 28.3 Å². The fraction of sp³-hybridized carbons (Fsp3) is 0.167. The van der Waals surface area contributed by atoms with Crippen molar-refractivity contribution in [2.24, 2.45) is 0 Å². The van der Waals surface area contributed by atoms with Crippen molar-refractivity contribution < 1.29 is 4.79 Å². The van der Waals surface area contributed by atoms with Crippen molar-refractivity contribution in [2.45, 2.75) is 0 Å². The Hall–Kier alpha value is -1.56. The zero-order valence-corrected chi connectivity index (χ0v) is 10.6. The van der Waals surface area contributed by atoms with E-state index in [1.165, 1.54) is 11.1 Å². The first-order valence-corrected chi connectivity index (χ1v) is 6.04. The van der Waals surface area contributed by atoms with Crippen LogP contribution in [0, 0.1) is 31.6 Å². The van der Waals surface area contributed by atoms with Gasteiger partial charge in [0.2, 0.25) is 5.91 Å². The molecule has 7 heteroatoms. The van der Waals surface area contributed by atoms with Crippen molar-refractivity contribution in [3.63, 3.8) is 0 Å². The van der Waals surface area contributed by atoms with Crippen LogP contribution in [0.15, 0.2) is 15.8 Å². The Kier molecular flexibility index (Phi) is 4.42. The maximum atomic E-state index is 11.8. The topological polar surface area (TPSA) is 86.0 Å². The van der Waals surface area contributed by atoms with Crippen LogP contribution >= 0.6 is 11.6 Å². The zero-order valence-electron chi connectivity index (χ0n) is 9.85. The second kappa shape index (κ2) is 6.06. The number of aromatic nitrogens is 2. The minimum absolute atomic E-state index is 0.0615. The van der Waals surface area contributed by atoms with E-state index in [1.54, 1.807) is 0 Å². The number of anilines is 1. The third kappa shape index (κ3) is 3.26. The second-order valence-corrected chi connectivity index (χ2v) is 4.13. The molecule has 1 aromatic rings. The number of hydrogen-bond acceptors (Lipinski definition) is 3. The van der Waals surface area contributed by atoms with Crippen molar-refractivity contribution in [1.29, 1.82) is 0 Å². The molecule has 2 rings (SSSR count). The fourth-order valence-corrected chi connectivity index (χ4v) is 1.83. The summed E-state index contributed by atoms with van der Waals surface area (Å²) in [5.74, 6) is 0.198. The summed E-state index contributed by atoms with van der Waals surface area (Å²) >= 11 is 5.55. The molecule has 1 heterocycles. The van der Waals surface area contributed by atoms with Gasteiger partial charge in [0.1, 0.15) is 11.6 Å². The summed E-state index contributed by atoms with van der Waals surface area (Å²) in [7, 11) is 0. The quantitative estimate of drug-likeness (QED) is 0.764. The molecule has 1 amide bonds. The highest BCUT2D eigenvalue weighted by atomic mass is 35.5. The minimum Gasteiger partial charge on any atom is -0.312 e. The Morgan fingerprint density at radius 2 is 1.95 bits per heavy atom. The van der Waals surface area contributed by atoms with E-state index in [4.69, 9.17) is 11.6 Å². The summed E-state index contributed by atoms with van der Waals surface area (Å²) in [5.41, 5.74) is -1.19. The van der Waals surface area contributed by atoms with Gasteiger partial charge in [-0.2, -0.15) is 0 Å². The summed E-state index contributed by atoms with van der Waals surface area (Å²) in [5, 5.41) is 0. The Balaban J connectivity index is 2.28. The highest BCUT2D eigenvalue weighted by Crippen LogP contribution is 2.25. The van der Waals surface area contributed by atoms with Crippen LogP contribution < -0.4 is 16.1 Å². The number of halogens is 1. The van der Waals surface area contributed by atoms with Gasteiger partial charge in [0.25, 0.3) is 5.56 Å². The lowest BCUT2D eigenvalue weighted by molar-refractivity contribution is -0.116. The first-order chi connectivity index (χ1) is 9.11. The van der Waals surface area contributed by atoms with Gasteiger partial charge in [-0.15, -0.1) is 11.6 Å². The molecule has 0 unspecified atom stereocenters. The third-order valence-corrected chi connectivity index (χ3v) is 2.81. The van der Waals surface area contributed by atoms with E-state index in [-0.39, 0.29) is 18.1 Å². The van der Waals surface area contributed by atoms with Gasteiger partial charge in [0.05, 0.1) is 0 Å². The molecule has 1 aromatic heterocycles. The minimum atomic E-state index is -0.631. The number of amides is 1. The van der Waals surface area contributed by atoms with Crippen LogP contribution in [0.2, 0.25) is 0 Å². The number of carbonyl (C=O) groups is 1. The predicted octanol–water partition coefficient (Wildman–Crippen LogP) is 0.0403. The summed E-state index contributed by atoms with van der Waals surface area (Å²) in [4.78, 5) is 40.2. The molecule has 0 aliphatic heterocycles. The lowest BCUT2D eigenvalue weighted by Crippen LogP contribution is -2.40. The first kappa shape index (κ1) is 13.9. The van der Waals surface area contributed by atoms with Gasteiger partial charge in [-0.25, -0.2) is 4.79 Å². The van der Waals surface area contributed by atoms with Crippen LogP contribution in [0.5, 0.6) is 0 Å². The molecule has 19 heavy (non-hydrogen) atoms. The number of H-pyrrole nitrogens is 2. The number of nitrogens with zero attached hydrogens (tertiary/aromatic N) is 1. The smallest absolute Gasteiger partial charge is 0.312 e.